The number of aromatic nitrogens is 2. The third kappa shape index (κ3) is 2.62. The highest BCUT2D eigenvalue weighted by Crippen LogP contribution is 2.33. The van der Waals surface area contributed by atoms with Gasteiger partial charge in [-0.1, -0.05) is 6.92 Å². The highest BCUT2D eigenvalue weighted by Gasteiger charge is 2.34. The standard InChI is InChI=1S/C13H20N4O2/c1-3-17-11(6-7-15-17)10-5-4-9(2)8-16(10)13(19)12(14)18/h6-7,9-10H,3-5,8H2,1-2H3,(H2,14,18)/t9-,10-/m0/s1. The maximum atomic E-state index is 12.0. The van der Waals surface area contributed by atoms with E-state index in [0.29, 0.717) is 12.5 Å². The van der Waals surface area contributed by atoms with E-state index in [1.807, 2.05) is 17.7 Å². The summed E-state index contributed by atoms with van der Waals surface area (Å²) >= 11 is 0. The van der Waals surface area contributed by atoms with Crippen molar-refractivity contribution in [3.05, 3.63) is 18.0 Å². The molecule has 0 radical (unpaired) electrons. The second-order valence-corrected chi connectivity index (χ2v) is 5.09. The Morgan fingerprint density at radius 2 is 2.21 bits per heavy atom. The van der Waals surface area contributed by atoms with Gasteiger partial charge in [-0.25, -0.2) is 0 Å². The second-order valence-electron chi connectivity index (χ2n) is 5.09. The van der Waals surface area contributed by atoms with Gasteiger partial charge in [0, 0.05) is 19.3 Å². The number of likely N-dealkylation sites (tertiary alicyclic amines) is 1. The number of carbonyl (C=O) groups excluding carboxylic acids is 2. The Balaban J connectivity index is 2.30. The number of primary amides is 1. The number of hydrogen-bond donors (Lipinski definition) is 1. The summed E-state index contributed by atoms with van der Waals surface area (Å²) in [4.78, 5) is 24.8. The van der Waals surface area contributed by atoms with Crippen molar-refractivity contribution in [1.82, 2.24) is 14.7 Å². The Morgan fingerprint density at radius 3 is 2.84 bits per heavy atom. The van der Waals surface area contributed by atoms with Crippen LogP contribution in [0.1, 0.15) is 38.4 Å². The Labute approximate surface area is 112 Å². The zero-order valence-corrected chi connectivity index (χ0v) is 11.4. The molecular formula is C13H20N4O2. The van der Waals surface area contributed by atoms with Crippen LogP contribution in [-0.4, -0.2) is 33.0 Å². The molecule has 1 fully saturated rings. The first-order valence-electron chi connectivity index (χ1n) is 6.66. The lowest BCUT2D eigenvalue weighted by molar-refractivity contribution is -0.147. The Bertz CT molecular complexity index is 483. The van der Waals surface area contributed by atoms with Gasteiger partial charge in [0.1, 0.15) is 0 Å². The van der Waals surface area contributed by atoms with Crippen molar-refractivity contribution >= 4 is 11.8 Å². The topological polar surface area (TPSA) is 81.2 Å². The molecule has 19 heavy (non-hydrogen) atoms. The summed E-state index contributed by atoms with van der Waals surface area (Å²) in [6.45, 7) is 5.39. The maximum Gasteiger partial charge on any atom is 0.312 e. The minimum Gasteiger partial charge on any atom is -0.361 e. The van der Waals surface area contributed by atoms with Crippen LogP contribution in [0.15, 0.2) is 12.3 Å². The molecule has 6 heteroatoms. The van der Waals surface area contributed by atoms with E-state index in [4.69, 9.17) is 5.73 Å². The predicted molar refractivity (Wildman–Crippen MR) is 69.9 cm³/mol. The average molecular weight is 264 g/mol. The number of nitrogens with two attached hydrogens (primary N) is 1. The van der Waals surface area contributed by atoms with Crippen LogP contribution in [0.2, 0.25) is 0 Å². The van der Waals surface area contributed by atoms with Crippen LogP contribution in [0.25, 0.3) is 0 Å². The molecule has 2 N–H and O–H groups in total. The average Bonchev–Trinajstić information content (AvgIpc) is 2.85. The van der Waals surface area contributed by atoms with Crippen LogP contribution in [0.5, 0.6) is 0 Å². The van der Waals surface area contributed by atoms with E-state index in [1.165, 1.54) is 0 Å². The first-order chi connectivity index (χ1) is 9.04. The zero-order chi connectivity index (χ0) is 14.0. The molecule has 1 aromatic heterocycles. The van der Waals surface area contributed by atoms with Crippen molar-refractivity contribution in [1.29, 1.82) is 0 Å². The van der Waals surface area contributed by atoms with Crippen molar-refractivity contribution < 1.29 is 9.59 Å². The van der Waals surface area contributed by atoms with Gasteiger partial charge in [0.25, 0.3) is 0 Å². The molecule has 2 heterocycles. The molecule has 104 valence electrons. The molecule has 1 saturated heterocycles. The minimum atomic E-state index is -0.887. The molecule has 2 atom stereocenters. The van der Waals surface area contributed by atoms with Gasteiger partial charge in [0.05, 0.1) is 11.7 Å². The molecule has 0 saturated carbocycles. The van der Waals surface area contributed by atoms with E-state index in [0.717, 1.165) is 25.1 Å². The highest BCUT2D eigenvalue weighted by molar-refractivity contribution is 6.34. The summed E-state index contributed by atoms with van der Waals surface area (Å²) in [7, 11) is 0. The smallest absolute Gasteiger partial charge is 0.312 e. The van der Waals surface area contributed by atoms with E-state index >= 15 is 0 Å². The summed E-state index contributed by atoms with van der Waals surface area (Å²) in [5.74, 6) is -1.10. The van der Waals surface area contributed by atoms with Crippen LogP contribution < -0.4 is 5.73 Å². The van der Waals surface area contributed by atoms with Gasteiger partial charge < -0.3 is 10.6 Å². The number of aryl methyl sites for hydroxylation is 1. The lowest BCUT2D eigenvalue weighted by Gasteiger charge is -2.38. The van der Waals surface area contributed by atoms with Gasteiger partial charge in [0.15, 0.2) is 0 Å². The van der Waals surface area contributed by atoms with E-state index in [1.54, 1.807) is 11.1 Å². The minimum absolute atomic E-state index is 0.0985. The number of rotatable bonds is 2. The van der Waals surface area contributed by atoms with E-state index in [9.17, 15) is 9.59 Å². The lowest BCUT2D eigenvalue weighted by Crippen LogP contribution is -2.47. The largest absolute Gasteiger partial charge is 0.361 e. The summed E-state index contributed by atoms with van der Waals surface area (Å²) in [5, 5.41) is 4.23. The van der Waals surface area contributed by atoms with E-state index < -0.39 is 11.8 Å². The second kappa shape index (κ2) is 5.42. The van der Waals surface area contributed by atoms with Crippen LogP contribution in [-0.2, 0) is 16.1 Å². The molecule has 0 bridgehead atoms. The van der Waals surface area contributed by atoms with Gasteiger partial charge in [-0.3, -0.25) is 14.3 Å². The van der Waals surface area contributed by atoms with E-state index in [2.05, 4.69) is 12.0 Å². The van der Waals surface area contributed by atoms with Crippen molar-refractivity contribution in [2.24, 2.45) is 11.7 Å². The first-order valence-corrected chi connectivity index (χ1v) is 6.66. The van der Waals surface area contributed by atoms with Crippen molar-refractivity contribution in [3.8, 4) is 0 Å². The third-order valence-corrected chi connectivity index (χ3v) is 3.68. The van der Waals surface area contributed by atoms with Gasteiger partial charge in [-0.2, -0.15) is 5.10 Å². The van der Waals surface area contributed by atoms with Crippen LogP contribution >= 0.6 is 0 Å². The zero-order valence-electron chi connectivity index (χ0n) is 11.4. The van der Waals surface area contributed by atoms with Gasteiger partial charge in [-0.15, -0.1) is 0 Å². The molecule has 1 aliphatic rings. The van der Waals surface area contributed by atoms with E-state index in [-0.39, 0.29) is 6.04 Å². The number of amides is 2. The molecule has 1 aliphatic heterocycles. The number of piperidine rings is 1. The monoisotopic (exact) mass is 264 g/mol. The molecule has 2 amide bonds. The molecular weight excluding hydrogens is 244 g/mol. The summed E-state index contributed by atoms with van der Waals surface area (Å²) in [5.41, 5.74) is 6.12. The predicted octanol–water partition coefficient (Wildman–Crippen LogP) is 0.688. The van der Waals surface area contributed by atoms with Crippen molar-refractivity contribution in [3.63, 3.8) is 0 Å². The molecule has 6 nitrogen and oxygen atoms in total. The van der Waals surface area contributed by atoms with Crippen LogP contribution in [0.3, 0.4) is 0 Å². The Morgan fingerprint density at radius 1 is 1.47 bits per heavy atom. The normalized spacial score (nSPS) is 23.4. The molecule has 0 unspecified atom stereocenters. The third-order valence-electron chi connectivity index (χ3n) is 3.68. The fourth-order valence-corrected chi connectivity index (χ4v) is 2.72. The number of hydrogen-bond acceptors (Lipinski definition) is 3. The quantitative estimate of drug-likeness (QED) is 0.798. The van der Waals surface area contributed by atoms with Crippen molar-refractivity contribution in [2.45, 2.75) is 39.3 Å². The number of carbonyl (C=O) groups is 2. The fraction of sp³-hybridized carbons (Fsp3) is 0.615. The Kier molecular flexibility index (Phi) is 3.87. The lowest BCUT2D eigenvalue weighted by atomic mass is 9.92. The maximum absolute atomic E-state index is 12.0. The number of nitrogens with zero attached hydrogens (tertiary/aromatic N) is 3. The molecule has 0 aliphatic carbocycles. The summed E-state index contributed by atoms with van der Waals surface area (Å²) < 4.78 is 1.86. The molecule has 1 aromatic rings. The van der Waals surface area contributed by atoms with Crippen molar-refractivity contribution in [2.75, 3.05) is 6.54 Å². The Hall–Kier alpha value is -1.85. The fourth-order valence-electron chi connectivity index (χ4n) is 2.72. The van der Waals surface area contributed by atoms with Gasteiger partial charge >= 0.3 is 11.8 Å². The van der Waals surface area contributed by atoms with Gasteiger partial charge in [-0.05, 0) is 31.7 Å². The molecule has 0 aromatic carbocycles. The summed E-state index contributed by atoms with van der Waals surface area (Å²) in [6, 6.07) is 1.81. The van der Waals surface area contributed by atoms with Crippen LogP contribution in [0.4, 0.5) is 0 Å². The molecule has 0 spiro atoms. The first kappa shape index (κ1) is 13.6. The van der Waals surface area contributed by atoms with Crippen LogP contribution in [0, 0.1) is 5.92 Å². The SMILES string of the molecule is CCn1nccc1[C@@H]1CC[C@H](C)CN1C(=O)C(N)=O. The summed E-state index contributed by atoms with van der Waals surface area (Å²) in [6.07, 6.45) is 3.60. The molecule has 2 rings (SSSR count). The highest BCUT2D eigenvalue weighted by atomic mass is 16.2. The van der Waals surface area contributed by atoms with Gasteiger partial charge in [0.2, 0.25) is 0 Å².